The zero-order chi connectivity index (χ0) is 20.6. The number of aromatic nitrogens is 2. The van der Waals surface area contributed by atoms with Crippen LogP contribution in [0.25, 0.3) is 16.8 Å². The normalized spacial score (nSPS) is 18.3. The Morgan fingerprint density at radius 1 is 1.31 bits per heavy atom. The van der Waals surface area contributed by atoms with E-state index in [4.69, 9.17) is 15.2 Å². The van der Waals surface area contributed by atoms with E-state index in [1.165, 1.54) is 19.2 Å². The van der Waals surface area contributed by atoms with Crippen LogP contribution in [-0.4, -0.2) is 42.0 Å². The van der Waals surface area contributed by atoms with Crippen LogP contribution in [0.3, 0.4) is 0 Å². The van der Waals surface area contributed by atoms with Crippen LogP contribution in [-0.2, 0) is 14.2 Å². The molecule has 0 saturated carbocycles. The fourth-order valence-corrected chi connectivity index (χ4v) is 3.91. The molecule has 7 nitrogen and oxygen atoms in total. The second-order valence-corrected chi connectivity index (χ2v) is 7.22. The van der Waals surface area contributed by atoms with Gasteiger partial charge in [0.25, 0.3) is 0 Å². The van der Waals surface area contributed by atoms with Gasteiger partial charge in [-0.1, -0.05) is 11.6 Å². The van der Waals surface area contributed by atoms with E-state index in [1.54, 1.807) is 12.3 Å². The molecule has 1 saturated heterocycles. The summed E-state index contributed by atoms with van der Waals surface area (Å²) < 4.78 is 30.6. The first-order valence-corrected chi connectivity index (χ1v) is 9.40. The maximum Gasteiger partial charge on any atom is 0.340 e. The molecule has 1 aromatic heterocycles. The van der Waals surface area contributed by atoms with E-state index in [-0.39, 0.29) is 11.4 Å². The van der Waals surface area contributed by atoms with Gasteiger partial charge in [0.15, 0.2) is 5.79 Å². The Hall–Kier alpha value is -2.84. The van der Waals surface area contributed by atoms with E-state index >= 15 is 0 Å². The zero-order valence-electron chi connectivity index (χ0n) is 16.3. The van der Waals surface area contributed by atoms with Gasteiger partial charge < -0.3 is 19.9 Å². The molecule has 1 fully saturated rings. The number of hydrogen-bond acceptors (Lipinski definition) is 7. The van der Waals surface area contributed by atoms with E-state index in [2.05, 4.69) is 14.7 Å². The molecular weight excluding hydrogens is 377 g/mol. The molecule has 2 heterocycles. The van der Waals surface area contributed by atoms with E-state index in [0.717, 1.165) is 24.0 Å². The van der Waals surface area contributed by atoms with Gasteiger partial charge in [0.05, 0.1) is 37.8 Å². The molecule has 1 aliphatic carbocycles. The molecule has 1 aromatic carbocycles. The third kappa shape index (κ3) is 3.61. The number of methoxy groups -OCH3 is 1. The fraction of sp³-hybridized carbons (Fsp3) is 0.381. The third-order valence-corrected chi connectivity index (χ3v) is 5.38. The van der Waals surface area contributed by atoms with Gasteiger partial charge in [-0.05, 0) is 31.1 Å². The van der Waals surface area contributed by atoms with E-state index in [1.807, 2.05) is 6.92 Å². The Morgan fingerprint density at radius 3 is 2.72 bits per heavy atom. The Kier molecular flexibility index (Phi) is 5.06. The number of nitrogen functional groups attached to an aromatic ring is 1. The Morgan fingerprint density at radius 2 is 2.07 bits per heavy atom. The van der Waals surface area contributed by atoms with Crippen LogP contribution in [0.2, 0.25) is 0 Å². The number of carbonyl (C=O) groups excluding carboxylic acids is 1. The van der Waals surface area contributed by atoms with Crippen LogP contribution >= 0.6 is 0 Å². The van der Waals surface area contributed by atoms with Gasteiger partial charge in [0, 0.05) is 18.4 Å². The predicted molar refractivity (Wildman–Crippen MR) is 104 cm³/mol. The van der Waals surface area contributed by atoms with Crippen molar-refractivity contribution in [3.05, 3.63) is 47.0 Å². The number of rotatable bonds is 3. The summed E-state index contributed by atoms with van der Waals surface area (Å²) in [6.45, 7) is 3.26. The number of benzene rings is 1. The highest BCUT2D eigenvalue weighted by molar-refractivity contribution is 5.90. The SMILES string of the molecule is COC(=O)c1ccc(-c2nc(C3=C(C)CC4(CC3)OCCO4)cnc2N)cc1F. The topological polar surface area (TPSA) is 96.6 Å². The minimum Gasteiger partial charge on any atom is -0.465 e. The summed E-state index contributed by atoms with van der Waals surface area (Å²) in [7, 11) is 1.20. The van der Waals surface area contributed by atoms with Crippen molar-refractivity contribution in [2.24, 2.45) is 0 Å². The summed E-state index contributed by atoms with van der Waals surface area (Å²) in [5, 5.41) is 0. The number of halogens is 1. The Labute approximate surface area is 167 Å². The highest BCUT2D eigenvalue weighted by Crippen LogP contribution is 2.42. The second kappa shape index (κ2) is 7.53. The van der Waals surface area contributed by atoms with E-state index < -0.39 is 17.6 Å². The van der Waals surface area contributed by atoms with Crippen molar-refractivity contribution >= 4 is 17.4 Å². The molecule has 0 radical (unpaired) electrons. The molecule has 152 valence electrons. The summed E-state index contributed by atoms with van der Waals surface area (Å²) in [5.74, 6) is -1.78. The minimum absolute atomic E-state index is 0.147. The molecule has 1 spiro atoms. The molecule has 2 aromatic rings. The quantitative estimate of drug-likeness (QED) is 0.791. The fourth-order valence-electron chi connectivity index (χ4n) is 3.91. The lowest BCUT2D eigenvalue weighted by molar-refractivity contribution is -0.161. The highest BCUT2D eigenvalue weighted by atomic mass is 19.1. The number of allylic oxidation sites excluding steroid dienone is 1. The van der Waals surface area contributed by atoms with Crippen LogP contribution in [0.5, 0.6) is 0 Å². The Balaban J connectivity index is 1.68. The monoisotopic (exact) mass is 399 g/mol. The van der Waals surface area contributed by atoms with Crippen molar-refractivity contribution in [3.63, 3.8) is 0 Å². The van der Waals surface area contributed by atoms with Gasteiger partial charge in [-0.2, -0.15) is 0 Å². The summed E-state index contributed by atoms with van der Waals surface area (Å²) in [5.41, 5.74) is 9.55. The lowest BCUT2D eigenvalue weighted by Crippen LogP contribution is -2.33. The summed E-state index contributed by atoms with van der Waals surface area (Å²) >= 11 is 0. The summed E-state index contributed by atoms with van der Waals surface area (Å²) in [6, 6.07) is 4.15. The number of hydrogen-bond donors (Lipinski definition) is 1. The number of ether oxygens (including phenoxy) is 3. The number of nitrogens with two attached hydrogens (primary N) is 1. The largest absolute Gasteiger partial charge is 0.465 e. The van der Waals surface area contributed by atoms with Crippen molar-refractivity contribution in [2.45, 2.75) is 32.0 Å². The van der Waals surface area contributed by atoms with Gasteiger partial charge in [0.2, 0.25) is 0 Å². The maximum atomic E-state index is 14.4. The summed E-state index contributed by atoms with van der Waals surface area (Å²) in [6.07, 6.45) is 3.78. The lowest BCUT2D eigenvalue weighted by Gasteiger charge is -2.33. The van der Waals surface area contributed by atoms with Crippen molar-refractivity contribution in [1.82, 2.24) is 9.97 Å². The van der Waals surface area contributed by atoms with Crippen LogP contribution in [0.4, 0.5) is 10.2 Å². The summed E-state index contributed by atoms with van der Waals surface area (Å²) in [4.78, 5) is 20.5. The van der Waals surface area contributed by atoms with E-state index in [9.17, 15) is 9.18 Å². The number of nitrogens with zero attached hydrogens (tertiary/aromatic N) is 2. The van der Waals surface area contributed by atoms with Gasteiger partial charge in [0.1, 0.15) is 17.3 Å². The Bertz CT molecular complexity index is 999. The van der Waals surface area contributed by atoms with Crippen molar-refractivity contribution in [2.75, 3.05) is 26.1 Å². The molecule has 0 amide bonds. The highest BCUT2D eigenvalue weighted by Gasteiger charge is 2.40. The molecule has 8 heteroatoms. The first kappa shape index (κ1) is 19.5. The van der Waals surface area contributed by atoms with Crippen molar-refractivity contribution < 1.29 is 23.4 Å². The lowest BCUT2D eigenvalue weighted by atomic mass is 9.86. The van der Waals surface area contributed by atoms with Crippen LogP contribution in [0.1, 0.15) is 42.2 Å². The first-order valence-electron chi connectivity index (χ1n) is 9.40. The minimum atomic E-state index is -0.741. The smallest absolute Gasteiger partial charge is 0.340 e. The predicted octanol–water partition coefficient (Wildman–Crippen LogP) is 3.35. The maximum absolute atomic E-state index is 14.4. The number of esters is 1. The number of carbonyl (C=O) groups is 1. The van der Waals surface area contributed by atoms with Gasteiger partial charge in [-0.25, -0.2) is 19.2 Å². The zero-order valence-corrected chi connectivity index (χ0v) is 16.3. The molecule has 0 unspecified atom stereocenters. The van der Waals surface area contributed by atoms with Crippen molar-refractivity contribution in [1.29, 1.82) is 0 Å². The van der Waals surface area contributed by atoms with Gasteiger partial charge in [-0.15, -0.1) is 0 Å². The van der Waals surface area contributed by atoms with Gasteiger partial charge in [-0.3, -0.25) is 0 Å². The average Bonchev–Trinajstić information content (AvgIpc) is 3.15. The van der Waals surface area contributed by atoms with Crippen LogP contribution in [0, 0.1) is 5.82 Å². The van der Waals surface area contributed by atoms with Crippen LogP contribution in [0.15, 0.2) is 30.0 Å². The number of anilines is 1. The molecule has 4 rings (SSSR count). The van der Waals surface area contributed by atoms with Crippen LogP contribution < -0.4 is 5.73 Å². The molecule has 2 aliphatic rings. The third-order valence-electron chi connectivity index (χ3n) is 5.38. The molecule has 0 atom stereocenters. The molecular formula is C21H22FN3O4. The first-order chi connectivity index (χ1) is 13.9. The average molecular weight is 399 g/mol. The molecule has 2 N–H and O–H groups in total. The molecule has 0 bridgehead atoms. The van der Waals surface area contributed by atoms with Crippen molar-refractivity contribution in [3.8, 4) is 11.3 Å². The standard InChI is InChI=1S/C21H22FN3O4/c1-12-10-21(28-7-8-29-21)6-5-14(12)17-11-24-19(23)18(25-17)13-3-4-15(16(22)9-13)20(26)27-2/h3-4,9,11H,5-8,10H2,1-2H3,(H2,23,24). The second-order valence-electron chi connectivity index (χ2n) is 7.22. The molecule has 29 heavy (non-hydrogen) atoms. The van der Waals surface area contributed by atoms with Gasteiger partial charge >= 0.3 is 5.97 Å². The van der Waals surface area contributed by atoms with E-state index in [0.29, 0.717) is 36.6 Å². The molecule has 1 aliphatic heterocycles.